The third kappa shape index (κ3) is 4.77. The van der Waals surface area contributed by atoms with Crippen molar-refractivity contribution in [2.24, 2.45) is 17.8 Å². The summed E-state index contributed by atoms with van der Waals surface area (Å²) in [6, 6.07) is 16.5. The number of hydrogen-bond donors (Lipinski definition) is 2. The van der Waals surface area contributed by atoms with E-state index in [1.807, 2.05) is 24.3 Å². The summed E-state index contributed by atoms with van der Waals surface area (Å²) in [4.78, 5) is 38.8. The molecule has 1 aliphatic heterocycles. The summed E-state index contributed by atoms with van der Waals surface area (Å²) in [5.74, 6) is -1.40. The van der Waals surface area contributed by atoms with Crippen LogP contribution in [0.25, 0.3) is 11.1 Å². The van der Waals surface area contributed by atoms with Crippen LogP contribution in [0.5, 0.6) is 0 Å². The number of nitrogens with one attached hydrogen (secondary N) is 1. The van der Waals surface area contributed by atoms with E-state index in [1.165, 1.54) is 22.3 Å². The van der Waals surface area contributed by atoms with Crippen LogP contribution in [0.15, 0.2) is 48.5 Å². The number of fused-ring (bicyclic) bond motifs is 3. The molecule has 2 N–H and O–H groups in total. The topological polar surface area (TPSA) is 95.9 Å². The van der Waals surface area contributed by atoms with Crippen LogP contribution in [-0.2, 0) is 14.3 Å². The first-order valence-electron chi connectivity index (χ1n) is 12.6. The van der Waals surface area contributed by atoms with Crippen LogP contribution in [0.3, 0.4) is 0 Å². The summed E-state index contributed by atoms with van der Waals surface area (Å²) in [5.41, 5.74) is 4.72. The van der Waals surface area contributed by atoms with Crippen molar-refractivity contribution in [3.05, 3.63) is 59.7 Å². The summed E-state index contributed by atoms with van der Waals surface area (Å²) in [7, 11) is 0. The van der Waals surface area contributed by atoms with E-state index in [0.29, 0.717) is 19.5 Å². The minimum atomic E-state index is -0.836. The SMILES string of the molecule is O=C(NCC1CCCCC1C(=O)N1CCC(C(=O)O)C1)OCC1c2ccccc2-c2ccccc21. The molecule has 35 heavy (non-hydrogen) atoms. The van der Waals surface area contributed by atoms with Crippen molar-refractivity contribution in [2.45, 2.75) is 38.0 Å². The molecule has 3 atom stereocenters. The van der Waals surface area contributed by atoms with Gasteiger partial charge in [-0.2, -0.15) is 0 Å². The normalized spacial score (nSPS) is 23.4. The summed E-state index contributed by atoms with van der Waals surface area (Å²) in [6.07, 6.45) is 3.71. The van der Waals surface area contributed by atoms with E-state index in [0.717, 1.165) is 25.7 Å². The smallest absolute Gasteiger partial charge is 0.407 e. The van der Waals surface area contributed by atoms with Gasteiger partial charge in [0.15, 0.2) is 0 Å². The molecule has 0 spiro atoms. The van der Waals surface area contributed by atoms with E-state index in [1.54, 1.807) is 4.90 Å². The fourth-order valence-corrected chi connectivity index (χ4v) is 6.04. The van der Waals surface area contributed by atoms with Crippen molar-refractivity contribution in [3.63, 3.8) is 0 Å². The maximum absolute atomic E-state index is 13.1. The van der Waals surface area contributed by atoms with Gasteiger partial charge in [-0.1, -0.05) is 61.4 Å². The van der Waals surface area contributed by atoms with E-state index < -0.39 is 18.0 Å². The standard InChI is InChI=1S/C28H32N2O5/c31-26(30-14-13-19(16-30)27(32)33)20-8-2-1-7-18(20)15-29-28(34)35-17-25-23-11-5-3-9-21(23)22-10-4-6-12-24(22)25/h3-6,9-12,18-20,25H,1-2,7-8,13-17H2,(H,29,34)(H,32,33). The van der Waals surface area contributed by atoms with Crippen molar-refractivity contribution >= 4 is 18.0 Å². The van der Waals surface area contributed by atoms with Gasteiger partial charge in [-0.25, -0.2) is 4.79 Å². The number of carboxylic acid groups (broad SMARTS) is 1. The lowest BCUT2D eigenvalue weighted by atomic mass is 9.78. The van der Waals surface area contributed by atoms with Gasteiger partial charge in [-0.05, 0) is 47.4 Å². The number of likely N-dealkylation sites (tertiary alicyclic amines) is 1. The van der Waals surface area contributed by atoms with Gasteiger partial charge in [-0.3, -0.25) is 9.59 Å². The summed E-state index contributed by atoms with van der Waals surface area (Å²) >= 11 is 0. The minimum absolute atomic E-state index is 0.00880. The lowest BCUT2D eigenvalue weighted by molar-refractivity contribution is -0.142. The van der Waals surface area contributed by atoms with Gasteiger partial charge in [-0.15, -0.1) is 0 Å². The van der Waals surface area contributed by atoms with E-state index in [-0.39, 0.29) is 36.8 Å². The first-order valence-corrected chi connectivity index (χ1v) is 12.6. The van der Waals surface area contributed by atoms with Crippen LogP contribution in [0.1, 0.15) is 49.1 Å². The molecule has 1 heterocycles. The van der Waals surface area contributed by atoms with Gasteiger partial charge in [0.25, 0.3) is 0 Å². The van der Waals surface area contributed by atoms with Crippen LogP contribution in [0.4, 0.5) is 4.79 Å². The van der Waals surface area contributed by atoms with E-state index >= 15 is 0 Å². The van der Waals surface area contributed by atoms with Crippen molar-refractivity contribution in [3.8, 4) is 11.1 Å². The Morgan fingerprint density at radius 3 is 2.26 bits per heavy atom. The van der Waals surface area contributed by atoms with Gasteiger partial charge in [0.05, 0.1) is 5.92 Å². The zero-order chi connectivity index (χ0) is 24.4. The highest BCUT2D eigenvalue weighted by molar-refractivity contribution is 5.81. The molecule has 0 radical (unpaired) electrons. The Balaban J connectivity index is 1.16. The highest BCUT2D eigenvalue weighted by Crippen LogP contribution is 2.44. The van der Waals surface area contributed by atoms with Crippen molar-refractivity contribution in [2.75, 3.05) is 26.2 Å². The van der Waals surface area contributed by atoms with E-state index in [4.69, 9.17) is 4.74 Å². The van der Waals surface area contributed by atoms with Crippen LogP contribution < -0.4 is 5.32 Å². The fraction of sp³-hybridized carbons (Fsp3) is 0.464. The Kier molecular flexibility index (Phi) is 6.75. The second kappa shape index (κ2) is 10.1. The molecule has 184 valence electrons. The molecule has 3 unspecified atom stereocenters. The van der Waals surface area contributed by atoms with Gasteiger partial charge < -0.3 is 20.1 Å². The van der Waals surface area contributed by atoms with E-state index in [9.17, 15) is 19.5 Å². The maximum atomic E-state index is 13.1. The monoisotopic (exact) mass is 476 g/mol. The number of nitrogens with zero attached hydrogens (tertiary/aromatic N) is 1. The third-order valence-corrected chi connectivity index (χ3v) is 7.93. The number of rotatable bonds is 6. The molecule has 1 saturated heterocycles. The highest BCUT2D eigenvalue weighted by atomic mass is 16.5. The summed E-state index contributed by atoms with van der Waals surface area (Å²) < 4.78 is 5.66. The number of carboxylic acids is 1. The Morgan fingerprint density at radius 1 is 0.943 bits per heavy atom. The fourth-order valence-electron chi connectivity index (χ4n) is 6.04. The molecule has 7 heteroatoms. The highest BCUT2D eigenvalue weighted by Gasteiger charge is 2.38. The van der Waals surface area contributed by atoms with Crippen LogP contribution in [0.2, 0.25) is 0 Å². The second-order valence-electron chi connectivity index (χ2n) is 9.97. The Bertz CT molecular complexity index is 1070. The first kappa shape index (κ1) is 23.4. The van der Waals surface area contributed by atoms with E-state index in [2.05, 4.69) is 29.6 Å². The molecular formula is C28H32N2O5. The van der Waals surface area contributed by atoms with Crippen LogP contribution >= 0.6 is 0 Å². The molecule has 3 aliphatic rings. The van der Waals surface area contributed by atoms with Gasteiger partial charge in [0, 0.05) is 31.5 Å². The number of amides is 2. The molecule has 2 aromatic carbocycles. The number of aliphatic carboxylic acids is 1. The van der Waals surface area contributed by atoms with Crippen LogP contribution in [0, 0.1) is 17.8 Å². The molecule has 2 aliphatic carbocycles. The van der Waals surface area contributed by atoms with Gasteiger partial charge >= 0.3 is 12.1 Å². The molecule has 1 saturated carbocycles. The number of hydrogen-bond acceptors (Lipinski definition) is 4. The Labute approximate surface area is 205 Å². The maximum Gasteiger partial charge on any atom is 0.407 e. The largest absolute Gasteiger partial charge is 0.481 e. The van der Waals surface area contributed by atoms with Crippen molar-refractivity contribution in [1.29, 1.82) is 0 Å². The Morgan fingerprint density at radius 2 is 1.60 bits per heavy atom. The zero-order valence-corrected chi connectivity index (χ0v) is 19.8. The first-order chi connectivity index (χ1) is 17.0. The average Bonchev–Trinajstić information content (AvgIpc) is 3.50. The molecular weight excluding hydrogens is 444 g/mol. The third-order valence-electron chi connectivity index (χ3n) is 7.93. The molecule has 2 fully saturated rings. The predicted octanol–water partition coefficient (Wildman–Crippen LogP) is 4.26. The number of carbonyl (C=O) groups excluding carboxylic acids is 2. The van der Waals surface area contributed by atoms with Crippen molar-refractivity contribution < 1.29 is 24.2 Å². The summed E-state index contributed by atoms with van der Waals surface area (Å²) in [5, 5.41) is 12.2. The lowest BCUT2D eigenvalue weighted by Crippen LogP contribution is -2.43. The lowest BCUT2D eigenvalue weighted by Gasteiger charge is -2.33. The molecule has 7 nitrogen and oxygen atoms in total. The van der Waals surface area contributed by atoms with Gasteiger partial charge in [0.2, 0.25) is 5.91 Å². The molecule has 0 aromatic heterocycles. The van der Waals surface area contributed by atoms with Gasteiger partial charge in [0.1, 0.15) is 6.61 Å². The molecule has 2 amide bonds. The number of alkyl carbamates (subject to hydrolysis) is 1. The summed E-state index contributed by atoms with van der Waals surface area (Å²) in [6.45, 7) is 1.44. The molecule has 5 rings (SSSR count). The molecule has 2 aromatic rings. The number of ether oxygens (including phenoxy) is 1. The number of benzene rings is 2. The minimum Gasteiger partial charge on any atom is -0.481 e. The predicted molar refractivity (Wildman–Crippen MR) is 131 cm³/mol. The average molecular weight is 477 g/mol. The quantitative estimate of drug-likeness (QED) is 0.649. The number of carbonyl (C=O) groups is 3. The van der Waals surface area contributed by atoms with Crippen molar-refractivity contribution in [1.82, 2.24) is 10.2 Å². The second-order valence-corrected chi connectivity index (χ2v) is 9.97. The van der Waals surface area contributed by atoms with Crippen LogP contribution in [-0.4, -0.2) is 54.2 Å². The Hall–Kier alpha value is -3.35. The zero-order valence-electron chi connectivity index (χ0n) is 19.8. The molecule has 0 bridgehead atoms.